The molecule has 1 aromatic carbocycles. The van der Waals surface area contributed by atoms with Crippen molar-refractivity contribution >= 4 is 27.3 Å². The monoisotopic (exact) mass is 409 g/mol. The van der Waals surface area contributed by atoms with Crippen LogP contribution in [0.2, 0.25) is 0 Å². The fourth-order valence-corrected chi connectivity index (χ4v) is 5.32. The molecule has 0 saturated carbocycles. The van der Waals surface area contributed by atoms with Gasteiger partial charge in [-0.15, -0.1) is 5.10 Å². The molecule has 0 spiro atoms. The van der Waals surface area contributed by atoms with Crippen LogP contribution in [0.15, 0.2) is 30.5 Å². The number of amides is 1. The van der Waals surface area contributed by atoms with Crippen molar-refractivity contribution in [3.63, 3.8) is 0 Å². The number of carbonyl (C=O) groups is 1. The van der Waals surface area contributed by atoms with Gasteiger partial charge in [0.25, 0.3) is 0 Å². The molecule has 6 nitrogen and oxygen atoms in total. The molecule has 4 heterocycles. The first-order valence-electron chi connectivity index (χ1n) is 10.6. The molecule has 5 rings (SSSR count). The molecule has 0 N–H and O–H groups in total. The summed E-state index contributed by atoms with van der Waals surface area (Å²) < 4.78 is 1.88. The van der Waals surface area contributed by atoms with Crippen LogP contribution >= 0.6 is 11.3 Å². The molecule has 1 atom stereocenters. The topological polar surface area (TPSA) is 53.7 Å². The van der Waals surface area contributed by atoms with Crippen molar-refractivity contribution in [2.24, 2.45) is 5.92 Å². The SMILES string of the molecule is Cc1ccc(-c2cn3nc(N4CCC[C@H](C(=O)N5CCCCC5)C4)sc3n2)cc1. The summed E-state index contributed by atoms with van der Waals surface area (Å²) in [6.07, 6.45) is 7.58. The summed E-state index contributed by atoms with van der Waals surface area (Å²) in [6, 6.07) is 8.41. The van der Waals surface area contributed by atoms with Crippen molar-refractivity contribution in [3.8, 4) is 11.3 Å². The number of anilines is 1. The van der Waals surface area contributed by atoms with Crippen molar-refractivity contribution in [3.05, 3.63) is 36.0 Å². The third kappa shape index (κ3) is 3.75. The van der Waals surface area contributed by atoms with E-state index in [-0.39, 0.29) is 5.92 Å². The van der Waals surface area contributed by atoms with Gasteiger partial charge >= 0.3 is 0 Å². The van der Waals surface area contributed by atoms with Crippen molar-refractivity contribution in [1.82, 2.24) is 19.5 Å². The fourth-order valence-electron chi connectivity index (χ4n) is 4.41. The van der Waals surface area contributed by atoms with Gasteiger partial charge in [-0.05, 0) is 39.0 Å². The molecule has 2 fully saturated rings. The molecule has 2 aliphatic heterocycles. The van der Waals surface area contributed by atoms with Crippen LogP contribution in [0.4, 0.5) is 5.13 Å². The number of hydrogen-bond donors (Lipinski definition) is 0. The Balaban J connectivity index is 1.31. The van der Waals surface area contributed by atoms with Crippen LogP contribution in [-0.2, 0) is 4.79 Å². The zero-order valence-corrected chi connectivity index (χ0v) is 17.7. The molecule has 2 aromatic heterocycles. The molecule has 0 aliphatic carbocycles. The standard InChI is InChI=1S/C22H27N5OS/c1-16-7-9-17(10-8-16)19-15-27-21(23-19)29-22(24-27)26-13-5-6-18(14-26)20(28)25-11-3-2-4-12-25/h7-10,15,18H,2-6,11-14H2,1H3/t18-/m0/s1. The summed E-state index contributed by atoms with van der Waals surface area (Å²) in [5, 5.41) is 5.75. The number of fused-ring (bicyclic) bond motifs is 1. The third-order valence-corrected chi connectivity index (χ3v) is 7.07. The van der Waals surface area contributed by atoms with Crippen LogP contribution in [0.3, 0.4) is 0 Å². The largest absolute Gasteiger partial charge is 0.346 e. The van der Waals surface area contributed by atoms with E-state index in [0.29, 0.717) is 5.91 Å². The maximum absolute atomic E-state index is 12.9. The van der Waals surface area contributed by atoms with E-state index in [0.717, 1.165) is 73.2 Å². The van der Waals surface area contributed by atoms with E-state index in [1.165, 1.54) is 12.0 Å². The first kappa shape index (κ1) is 18.6. The lowest BCUT2D eigenvalue weighted by Crippen LogP contribution is -2.46. The number of aryl methyl sites for hydroxylation is 1. The lowest BCUT2D eigenvalue weighted by atomic mass is 9.96. The van der Waals surface area contributed by atoms with Crippen LogP contribution in [0.1, 0.15) is 37.7 Å². The van der Waals surface area contributed by atoms with Crippen LogP contribution in [0, 0.1) is 12.8 Å². The van der Waals surface area contributed by atoms with Gasteiger partial charge in [-0.3, -0.25) is 4.79 Å². The molecule has 3 aromatic rings. The number of aromatic nitrogens is 3. The Hall–Kier alpha value is -2.41. The van der Waals surface area contributed by atoms with E-state index in [2.05, 4.69) is 41.0 Å². The molecule has 2 saturated heterocycles. The van der Waals surface area contributed by atoms with Gasteiger partial charge in [0.15, 0.2) is 0 Å². The number of imidazole rings is 1. The Morgan fingerprint density at radius 2 is 1.86 bits per heavy atom. The average molecular weight is 410 g/mol. The predicted octanol–water partition coefficient (Wildman–Crippen LogP) is 4.00. The number of carbonyl (C=O) groups excluding carboxylic acids is 1. The molecule has 0 unspecified atom stereocenters. The fraction of sp³-hybridized carbons (Fsp3) is 0.500. The predicted molar refractivity (Wildman–Crippen MR) is 116 cm³/mol. The van der Waals surface area contributed by atoms with Crippen molar-refractivity contribution in [1.29, 1.82) is 0 Å². The van der Waals surface area contributed by atoms with E-state index in [4.69, 9.17) is 10.1 Å². The second-order valence-electron chi connectivity index (χ2n) is 8.28. The highest BCUT2D eigenvalue weighted by molar-refractivity contribution is 7.20. The summed E-state index contributed by atoms with van der Waals surface area (Å²) in [6.45, 7) is 5.69. The summed E-state index contributed by atoms with van der Waals surface area (Å²) in [7, 11) is 0. The first-order chi connectivity index (χ1) is 14.2. The Labute approximate surface area is 175 Å². The van der Waals surface area contributed by atoms with Crippen molar-refractivity contribution < 1.29 is 4.79 Å². The Kier molecular flexibility index (Phi) is 4.99. The zero-order chi connectivity index (χ0) is 19.8. The van der Waals surface area contributed by atoms with Gasteiger partial charge in [-0.2, -0.15) is 0 Å². The van der Waals surface area contributed by atoms with E-state index in [1.807, 2.05) is 10.7 Å². The highest BCUT2D eigenvalue weighted by Gasteiger charge is 2.31. The highest BCUT2D eigenvalue weighted by atomic mass is 32.1. The van der Waals surface area contributed by atoms with Crippen LogP contribution in [0.25, 0.3) is 16.2 Å². The van der Waals surface area contributed by atoms with E-state index >= 15 is 0 Å². The molecule has 152 valence electrons. The quantitative estimate of drug-likeness (QED) is 0.656. The first-order valence-corrected chi connectivity index (χ1v) is 11.5. The molecule has 29 heavy (non-hydrogen) atoms. The van der Waals surface area contributed by atoms with E-state index in [1.54, 1.807) is 11.3 Å². The molecular formula is C22H27N5OS. The second-order valence-corrected chi connectivity index (χ2v) is 9.21. The zero-order valence-electron chi connectivity index (χ0n) is 16.9. The molecule has 0 radical (unpaired) electrons. The van der Waals surface area contributed by atoms with E-state index < -0.39 is 0 Å². The summed E-state index contributed by atoms with van der Waals surface area (Å²) in [5.41, 5.74) is 3.31. The van der Waals surface area contributed by atoms with Crippen LogP contribution < -0.4 is 4.90 Å². The Bertz CT molecular complexity index is 971. The number of piperidine rings is 2. The molecule has 2 aliphatic rings. The maximum atomic E-state index is 12.9. The highest BCUT2D eigenvalue weighted by Crippen LogP contribution is 2.30. The van der Waals surface area contributed by atoms with Gasteiger partial charge in [0.1, 0.15) is 0 Å². The summed E-state index contributed by atoms with van der Waals surface area (Å²) in [4.78, 5) is 23.0. The minimum absolute atomic E-state index is 0.0983. The van der Waals surface area contributed by atoms with E-state index in [9.17, 15) is 4.79 Å². The average Bonchev–Trinajstić information content (AvgIpc) is 3.34. The van der Waals surface area contributed by atoms with Gasteiger partial charge in [-0.1, -0.05) is 41.2 Å². The lowest BCUT2D eigenvalue weighted by Gasteiger charge is -2.36. The second kappa shape index (κ2) is 7.78. The lowest BCUT2D eigenvalue weighted by molar-refractivity contribution is -0.136. The molecule has 0 bridgehead atoms. The Morgan fingerprint density at radius 3 is 2.62 bits per heavy atom. The number of nitrogens with zero attached hydrogens (tertiary/aromatic N) is 5. The van der Waals surface area contributed by atoms with Gasteiger partial charge in [0.2, 0.25) is 16.0 Å². The van der Waals surface area contributed by atoms with Gasteiger partial charge in [0.05, 0.1) is 17.8 Å². The third-order valence-electron chi connectivity index (χ3n) is 6.09. The van der Waals surface area contributed by atoms with Gasteiger partial charge < -0.3 is 9.80 Å². The maximum Gasteiger partial charge on any atom is 0.227 e. The van der Waals surface area contributed by atoms with Gasteiger partial charge in [0, 0.05) is 31.7 Å². The van der Waals surface area contributed by atoms with Crippen molar-refractivity contribution in [2.45, 2.75) is 39.0 Å². The Morgan fingerprint density at radius 1 is 1.07 bits per heavy atom. The number of hydrogen-bond acceptors (Lipinski definition) is 5. The van der Waals surface area contributed by atoms with Crippen LogP contribution in [-0.4, -0.2) is 51.6 Å². The smallest absolute Gasteiger partial charge is 0.227 e. The minimum Gasteiger partial charge on any atom is -0.346 e. The molecule has 7 heteroatoms. The number of rotatable bonds is 3. The normalized spacial score (nSPS) is 20.4. The van der Waals surface area contributed by atoms with Crippen molar-refractivity contribution in [2.75, 3.05) is 31.1 Å². The molecule has 1 amide bonds. The summed E-state index contributed by atoms with van der Waals surface area (Å²) >= 11 is 1.61. The van der Waals surface area contributed by atoms with Crippen LogP contribution in [0.5, 0.6) is 0 Å². The molecular weight excluding hydrogens is 382 g/mol. The summed E-state index contributed by atoms with van der Waals surface area (Å²) in [5.74, 6) is 0.443. The number of likely N-dealkylation sites (tertiary alicyclic amines) is 1. The number of benzene rings is 1. The minimum atomic E-state index is 0.0983. The van der Waals surface area contributed by atoms with Gasteiger partial charge in [-0.25, -0.2) is 9.50 Å².